The van der Waals surface area contributed by atoms with E-state index in [1.807, 2.05) is 30.3 Å². The monoisotopic (exact) mass is 233 g/mol. The Morgan fingerprint density at radius 3 is 2.53 bits per heavy atom. The van der Waals surface area contributed by atoms with E-state index < -0.39 is 0 Å². The molecule has 3 N–H and O–H groups in total. The van der Waals surface area contributed by atoms with Gasteiger partial charge in [-0.15, -0.1) is 0 Å². The number of primary amides is 1. The third-order valence-electron chi connectivity index (χ3n) is 3.23. The van der Waals surface area contributed by atoms with Crippen LogP contribution in [0.5, 0.6) is 0 Å². The van der Waals surface area contributed by atoms with Gasteiger partial charge in [0.15, 0.2) is 0 Å². The first-order valence-corrected chi connectivity index (χ1v) is 6.08. The van der Waals surface area contributed by atoms with Gasteiger partial charge in [0.2, 0.25) is 0 Å². The molecule has 0 spiro atoms. The molecule has 17 heavy (non-hydrogen) atoms. The van der Waals surface area contributed by atoms with E-state index in [2.05, 4.69) is 5.32 Å². The van der Waals surface area contributed by atoms with Crippen LogP contribution in [-0.4, -0.2) is 30.1 Å². The SMILES string of the molecule is NC(=O)N(Cc1ccccc1)C1CCNCC1. The highest BCUT2D eigenvalue weighted by atomic mass is 16.2. The zero-order chi connectivity index (χ0) is 12.1. The van der Waals surface area contributed by atoms with E-state index in [0.717, 1.165) is 31.5 Å². The summed E-state index contributed by atoms with van der Waals surface area (Å²) in [4.78, 5) is 13.3. The zero-order valence-corrected chi connectivity index (χ0v) is 9.93. The van der Waals surface area contributed by atoms with Gasteiger partial charge in [-0.25, -0.2) is 4.79 Å². The van der Waals surface area contributed by atoms with Crippen LogP contribution in [0.4, 0.5) is 4.79 Å². The van der Waals surface area contributed by atoms with Crippen molar-refractivity contribution in [3.05, 3.63) is 35.9 Å². The number of rotatable bonds is 3. The number of hydrogen-bond acceptors (Lipinski definition) is 2. The molecule has 0 aromatic heterocycles. The fraction of sp³-hybridized carbons (Fsp3) is 0.462. The Bertz CT molecular complexity index is 360. The van der Waals surface area contributed by atoms with E-state index in [9.17, 15) is 4.79 Å². The molecule has 1 aliphatic rings. The van der Waals surface area contributed by atoms with Crippen molar-refractivity contribution < 1.29 is 4.79 Å². The van der Waals surface area contributed by atoms with Crippen LogP contribution in [0, 0.1) is 0 Å². The maximum absolute atomic E-state index is 11.5. The number of amides is 2. The summed E-state index contributed by atoms with van der Waals surface area (Å²) >= 11 is 0. The molecule has 1 saturated heterocycles. The minimum Gasteiger partial charge on any atom is -0.351 e. The maximum Gasteiger partial charge on any atom is 0.315 e. The van der Waals surface area contributed by atoms with Gasteiger partial charge < -0.3 is 16.0 Å². The number of nitrogens with one attached hydrogen (secondary N) is 1. The smallest absolute Gasteiger partial charge is 0.315 e. The first-order chi connectivity index (χ1) is 8.27. The van der Waals surface area contributed by atoms with Gasteiger partial charge in [0.25, 0.3) is 0 Å². The number of urea groups is 1. The molecule has 0 atom stereocenters. The Morgan fingerprint density at radius 1 is 1.29 bits per heavy atom. The first-order valence-electron chi connectivity index (χ1n) is 6.08. The molecule has 0 unspecified atom stereocenters. The van der Waals surface area contributed by atoms with Gasteiger partial charge in [-0.2, -0.15) is 0 Å². The molecule has 4 nitrogen and oxygen atoms in total. The lowest BCUT2D eigenvalue weighted by molar-refractivity contribution is 0.163. The lowest BCUT2D eigenvalue weighted by Crippen LogP contribution is -2.47. The van der Waals surface area contributed by atoms with Crippen molar-refractivity contribution in [2.75, 3.05) is 13.1 Å². The number of carbonyl (C=O) groups is 1. The summed E-state index contributed by atoms with van der Waals surface area (Å²) in [5, 5.41) is 3.29. The number of hydrogen-bond donors (Lipinski definition) is 2. The zero-order valence-electron chi connectivity index (χ0n) is 9.93. The van der Waals surface area contributed by atoms with Crippen LogP contribution < -0.4 is 11.1 Å². The highest BCUT2D eigenvalue weighted by molar-refractivity contribution is 5.72. The second kappa shape index (κ2) is 5.68. The second-order valence-corrected chi connectivity index (χ2v) is 4.43. The number of benzene rings is 1. The molecular weight excluding hydrogens is 214 g/mol. The summed E-state index contributed by atoms with van der Waals surface area (Å²) in [6.45, 7) is 2.54. The molecule has 0 radical (unpaired) electrons. The highest BCUT2D eigenvalue weighted by Gasteiger charge is 2.23. The molecule has 1 aliphatic heterocycles. The molecular formula is C13H19N3O. The number of carbonyl (C=O) groups excluding carboxylic acids is 1. The summed E-state index contributed by atoms with van der Waals surface area (Å²) in [6.07, 6.45) is 1.96. The number of piperidine rings is 1. The highest BCUT2D eigenvalue weighted by Crippen LogP contribution is 2.15. The van der Waals surface area contributed by atoms with Crippen molar-refractivity contribution in [2.45, 2.75) is 25.4 Å². The molecule has 4 heteroatoms. The Hall–Kier alpha value is -1.55. The van der Waals surface area contributed by atoms with E-state index in [1.54, 1.807) is 4.90 Å². The fourth-order valence-electron chi connectivity index (χ4n) is 2.29. The third-order valence-corrected chi connectivity index (χ3v) is 3.23. The fourth-order valence-corrected chi connectivity index (χ4v) is 2.29. The Labute approximate surface area is 102 Å². The summed E-state index contributed by atoms with van der Waals surface area (Å²) in [5.41, 5.74) is 6.61. The molecule has 1 heterocycles. The molecule has 2 amide bonds. The Kier molecular flexibility index (Phi) is 3.98. The van der Waals surface area contributed by atoms with Crippen molar-refractivity contribution in [2.24, 2.45) is 5.73 Å². The normalized spacial score (nSPS) is 16.7. The molecule has 1 fully saturated rings. The van der Waals surface area contributed by atoms with Gasteiger partial charge in [-0.05, 0) is 31.5 Å². The van der Waals surface area contributed by atoms with Crippen LogP contribution in [0.2, 0.25) is 0 Å². The van der Waals surface area contributed by atoms with Crippen LogP contribution in [0.3, 0.4) is 0 Å². The molecule has 0 saturated carbocycles. The summed E-state index contributed by atoms with van der Waals surface area (Å²) in [5.74, 6) is 0. The van der Waals surface area contributed by atoms with E-state index in [-0.39, 0.29) is 12.1 Å². The van der Waals surface area contributed by atoms with Gasteiger partial charge in [0.1, 0.15) is 0 Å². The van der Waals surface area contributed by atoms with E-state index in [0.29, 0.717) is 6.54 Å². The average Bonchev–Trinajstić information content (AvgIpc) is 2.38. The van der Waals surface area contributed by atoms with Crippen molar-refractivity contribution >= 4 is 6.03 Å². The predicted molar refractivity (Wildman–Crippen MR) is 67.5 cm³/mol. The largest absolute Gasteiger partial charge is 0.351 e. The van der Waals surface area contributed by atoms with Gasteiger partial charge >= 0.3 is 6.03 Å². The first kappa shape index (κ1) is 11.9. The van der Waals surface area contributed by atoms with Crippen LogP contribution in [-0.2, 0) is 6.54 Å². The minimum absolute atomic E-state index is 0.272. The van der Waals surface area contributed by atoms with Gasteiger partial charge in [0, 0.05) is 12.6 Å². The van der Waals surface area contributed by atoms with Crippen LogP contribution in [0.15, 0.2) is 30.3 Å². The number of nitrogens with two attached hydrogens (primary N) is 1. The minimum atomic E-state index is -0.319. The quantitative estimate of drug-likeness (QED) is 0.827. The summed E-state index contributed by atoms with van der Waals surface area (Å²) < 4.78 is 0. The average molecular weight is 233 g/mol. The van der Waals surface area contributed by atoms with Crippen molar-refractivity contribution in [1.29, 1.82) is 0 Å². The van der Waals surface area contributed by atoms with E-state index in [1.165, 1.54) is 0 Å². The van der Waals surface area contributed by atoms with Crippen LogP contribution >= 0.6 is 0 Å². The summed E-state index contributed by atoms with van der Waals surface area (Å²) in [7, 11) is 0. The Balaban J connectivity index is 2.04. The maximum atomic E-state index is 11.5. The van der Waals surface area contributed by atoms with Crippen molar-refractivity contribution in [3.8, 4) is 0 Å². The molecule has 92 valence electrons. The Morgan fingerprint density at radius 2 is 1.94 bits per heavy atom. The van der Waals surface area contributed by atoms with Crippen LogP contribution in [0.1, 0.15) is 18.4 Å². The molecule has 1 aromatic carbocycles. The molecule has 2 rings (SSSR count). The molecule has 0 bridgehead atoms. The number of nitrogens with zero attached hydrogens (tertiary/aromatic N) is 1. The third kappa shape index (κ3) is 3.20. The lowest BCUT2D eigenvalue weighted by atomic mass is 10.0. The van der Waals surface area contributed by atoms with Gasteiger partial charge in [-0.1, -0.05) is 30.3 Å². The van der Waals surface area contributed by atoms with Crippen molar-refractivity contribution in [1.82, 2.24) is 10.2 Å². The summed E-state index contributed by atoms with van der Waals surface area (Å²) in [6, 6.07) is 9.94. The molecule has 0 aliphatic carbocycles. The van der Waals surface area contributed by atoms with Crippen LogP contribution in [0.25, 0.3) is 0 Å². The van der Waals surface area contributed by atoms with Gasteiger partial charge in [0.05, 0.1) is 0 Å². The van der Waals surface area contributed by atoms with E-state index >= 15 is 0 Å². The van der Waals surface area contributed by atoms with Crippen molar-refractivity contribution in [3.63, 3.8) is 0 Å². The van der Waals surface area contributed by atoms with E-state index in [4.69, 9.17) is 5.73 Å². The van der Waals surface area contributed by atoms with Gasteiger partial charge in [-0.3, -0.25) is 0 Å². The second-order valence-electron chi connectivity index (χ2n) is 4.43. The molecule has 1 aromatic rings. The topological polar surface area (TPSA) is 58.4 Å². The standard InChI is InChI=1S/C13H19N3O/c14-13(17)16(12-6-8-15-9-7-12)10-11-4-2-1-3-5-11/h1-5,12,15H,6-10H2,(H2,14,17). The predicted octanol–water partition coefficient (Wildman–Crippen LogP) is 1.32. The lowest BCUT2D eigenvalue weighted by Gasteiger charge is -2.33.